The van der Waals surface area contributed by atoms with Crippen LogP contribution in [0.2, 0.25) is 0 Å². The Balaban J connectivity index is 1.42. The molecule has 10 atom stereocenters. The fraction of sp³-hybridized carbons (Fsp3) is 0.585. The first-order valence-electron chi connectivity index (χ1n) is 21.9. The average Bonchev–Trinajstić information content (AvgIpc) is 3.77. The van der Waals surface area contributed by atoms with Crippen molar-refractivity contribution in [2.45, 2.75) is 132 Å². The van der Waals surface area contributed by atoms with Crippen LogP contribution in [-0.2, 0) is 51.2 Å². The number of rotatable bonds is 19. The standard InChI is InChI=1S/C41H61N13O13/c1-2-22-20-54(53-52-22)28-18-29(55)25(16-30(28)56)50-40(67)34(61)33(60)39(66)44-13-7-6-11-24-36(63)48-23(12-8-14-45-41(42)43)35(62)46-19-31(57)47-27(17-32(58)59)38(65)51-26(37(64)49-24)15-21-9-4-3-5-10-21/h3-5,9-10,20,23-30,33-34,55-56,60-61H,2,6-8,11-19H2,1H3,(H,44,66)(H,46,62)(H,47,57)(H,48,63)(H,49,64)(H,50,67)(H,51,65)(H,58,59)(H4,42,43,45)/t23-,24-,25+,26+,27-,28+,29+,30+,33+,34+/m0/s1. The number of hydrogen-bond donors (Lipinski definition) is 14. The summed E-state index contributed by atoms with van der Waals surface area (Å²) in [6.45, 7) is 1.08. The molecular weight excluding hydrogens is 883 g/mol. The maximum Gasteiger partial charge on any atom is 0.305 e. The van der Waals surface area contributed by atoms with Crippen molar-refractivity contribution in [3.8, 4) is 0 Å². The van der Waals surface area contributed by atoms with Gasteiger partial charge in [-0.3, -0.25) is 43.3 Å². The molecule has 1 aromatic carbocycles. The van der Waals surface area contributed by atoms with Crippen molar-refractivity contribution in [2.24, 2.45) is 16.5 Å². The quantitative estimate of drug-likeness (QED) is 0.0354. The largest absolute Gasteiger partial charge is 0.481 e. The van der Waals surface area contributed by atoms with Crippen molar-refractivity contribution >= 4 is 53.3 Å². The lowest BCUT2D eigenvalue weighted by molar-refractivity contribution is -0.147. The van der Waals surface area contributed by atoms with Crippen molar-refractivity contribution < 1.29 is 63.9 Å². The molecule has 26 nitrogen and oxygen atoms in total. The molecule has 0 radical (unpaired) electrons. The van der Waals surface area contributed by atoms with E-state index in [1.807, 2.05) is 6.92 Å². The fourth-order valence-corrected chi connectivity index (χ4v) is 7.40. The van der Waals surface area contributed by atoms with Crippen molar-refractivity contribution in [3.05, 3.63) is 47.8 Å². The van der Waals surface area contributed by atoms with Gasteiger partial charge in [-0.2, -0.15) is 0 Å². The van der Waals surface area contributed by atoms with Crippen LogP contribution in [0.1, 0.15) is 75.6 Å². The van der Waals surface area contributed by atoms with E-state index in [-0.39, 0.29) is 70.4 Å². The molecule has 2 heterocycles. The number of unbranched alkanes of at least 4 members (excludes halogenated alkanes) is 1. The highest BCUT2D eigenvalue weighted by atomic mass is 16.4. The molecule has 1 saturated carbocycles. The summed E-state index contributed by atoms with van der Waals surface area (Å²) in [6.07, 6.45) is -5.41. The van der Waals surface area contributed by atoms with Crippen LogP contribution in [0.25, 0.3) is 0 Å². The number of benzene rings is 1. The van der Waals surface area contributed by atoms with Gasteiger partial charge in [-0.05, 0) is 50.5 Å². The summed E-state index contributed by atoms with van der Waals surface area (Å²) in [7, 11) is 0. The smallest absolute Gasteiger partial charge is 0.305 e. The van der Waals surface area contributed by atoms with Gasteiger partial charge in [-0.1, -0.05) is 42.5 Å². The van der Waals surface area contributed by atoms with E-state index in [4.69, 9.17) is 11.5 Å². The van der Waals surface area contributed by atoms with E-state index in [2.05, 4.69) is 52.5 Å². The highest BCUT2D eigenvalue weighted by molar-refractivity contribution is 5.98. The van der Waals surface area contributed by atoms with Gasteiger partial charge in [-0.15, -0.1) is 5.10 Å². The second-order valence-electron chi connectivity index (χ2n) is 16.3. The van der Waals surface area contributed by atoms with Crippen LogP contribution in [0, 0.1) is 0 Å². The third-order valence-electron chi connectivity index (χ3n) is 11.1. The molecule has 26 heteroatoms. The Labute approximate surface area is 384 Å². The van der Waals surface area contributed by atoms with Gasteiger partial charge in [0.05, 0.1) is 43.0 Å². The Kier molecular flexibility index (Phi) is 20.4. The summed E-state index contributed by atoms with van der Waals surface area (Å²) >= 11 is 0. The predicted octanol–water partition coefficient (Wildman–Crippen LogP) is -5.77. The lowest BCUT2D eigenvalue weighted by Crippen LogP contribution is -2.58. The zero-order chi connectivity index (χ0) is 49.2. The van der Waals surface area contributed by atoms with E-state index >= 15 is 0 Å². The summed E-state index contributed by atoms with van der Waals surface area (Å²) in [5, 5.41) is 77.1. The van der Waals surface area contributed by atoms with Crippen LogP contribution in [0.4, 0.5) is 0 Å². The SMILES string of the molecule is CCc1cn([C@@H]2C[C@@H](O)[C@H](NC(=O)[C@H](O)[C@@H](O)C(=O)NCCCC[C@@H]3NC(=O)[C@@H](Cc4ccccc4)NC(=O)[C@H](CC(=O)O)NC(=O)CNC(=O)[C@H](CCCN=C(N)N)NC3=O)C[C@H]2O)nn1. The van der Waals surface area contributed by atoms with Crippen LogP contribution < -0.4 is 48.7 Å². The number of guanidine groups is 1. The number of carboxylic acid groups (broad SMARTS) is 1. The number of aliphatic hydroxyl groups is 4. The number of aromatic nitrogens is 3. The van der Waals surface area contributed by atoms with E-state index in [9.17, 15) is 63.9 Å². The Morgan fingerprint density at radius 1 is 0.821 bits per heavy atom. The summed E-state index contributed by atoms with van der Waals surface area (Å²) in [6, 6.07) is 1.02. The molecule has 368 valence electrons. The minimum Gasteiger partial charge on any atom is -0.481 e. The topological polar surface area (TPSA) is 417 Å². The number of carbonyl (C=O) groups excluding carboxylic acids is 7. The number of hydrogen-bond acceptors (Lipinski definition) is 15. The first-order valence-corrected chi connectivity index (χ1v) is 21.9. The van der Waals surface area contributed by atoms with E-state index in [1.54, 1.807) is 36.5 Å². The lowest BCUT2D eigenvalue weighted by Gasteiger charge is -2.37. The monoisotopic (exact) mass is 943 g/mol. The Morgan fingerprint density at radius 2 is 1.45 bits per heavy atom. The van der Waals surface area contributed by atoms with Crippen molar-refractivity contribution in [1.82, 2.24) is 52.2 Å². The molecular formula is C41H61N13O13. The Hall–Kier alpha value is -6.77. The molecule has 2 aliphatic rings. The first kappa shape index (κ1) is 52.9. The summed E-state index contributed by atoms with van der Waals surface area (Å²) in [5.74, 6) is -8.48. The maximum absolute atomic E-state index is 14.0. The van der Waals surface area contributed by atoms with Crippen molar-refractivity contribution in [1.29, 1.82) is 0 Å². The lowest BCUT2D eigenvalue weighted by atomic mass is 9.86. The molecule has 0 unspecified atom stereocenters. The highest BCUT2D eigenvalue weighted by Gasteiger charge is 2.40. The Bertz CT molecular complexity index is 2070. The fourth-order valence-electron chi connectivity index (χ4n) is 7.40. The van der Waals surface area contributed by atoms with Gasteiger partial charge in [0.15, 0.2) is 18.2 Å². The minimum atomic E-state index is -2.26. The molecule has 1 aliphatic carbocycles. The van der Waals surface area contributed by atoms with Gasteiger partial charge in [0.1, 0.15) is 24.2 Å². The number of aliphatic carboxylic acids is 1. The number of amides is 7. The van der Waals surface area contributed by atoms with Gasteiger partial charge in [0, 0.05) is 32.1 Å². The van der Waals surface area contributed by atoms with Gasteiger partial charge in [0.25, 0.3) is 11.8 Å². The van der Waals surface area contributed by atoms with Crippen molar-refractivity contribution in [2.75, 3.05) is 19.6 Å². The molecule has 0 spiro atoms. The van der Waals surface area contributed by atoms with Crippen LogP contribution in [-0.4, -0.2) is 168 Å². The Morgan fingerprint density at radius 3 is 2.10 bits per heavy atom. The number of nitrogens with zero attached hydrogens (tertiary/aromatic N) is 4. The third kappa shape index (κ3) is 16.6. The number of nitrogens with two attached hydrogens (primary N) is 2. The van der Waals surface area contributed by atoms with Crippen molar-refractivity contribution in [3.63, 3.8) is 0 Å². The molecule has 16 N–H and O–H groups in total. The highest BCUT2D eigenvalue weighted by Crippen LogP contribution is 2.29. The van der Waals surface area contributed by atoms with E-state index < -0.39 is 121 Å². The minimum absolute atomic E-state index is 0.0136. The number of carboxylic acids is 1. The van der Waals surface area contributed by atoms with Crippen LogP contribution in [0.3, 0.4) is 0 Å². The molecule has 1 aromatic heterocycles. The van der Waals surface area contributed by atoms with Gasteiger partial charge >= 0.3 is 5.97 Å². The number of aliphatic hydroxyl groups excluding tert-OH is 4. The van der Waals surface area contributed by atoms with Gasteiger partial charge in [0.2, 0.25) is 29.5 Å². The zero-order valence-electron chi connectivity index (χ0n) is 36.9. The van der Waals surface area contributed by atoms with Crippen LogP contribution >= 0.6 is 0 Å². The number of nitrogens with one attached hydrogen (secondary N) is 7. The molecule has 2 aromatic rings. The van der Waals surface area contributed by atoms with E-state index in [1.165, 1.54) is 4.68 Å². The van der Waals surface area contributed by atoms with E-state index in [0.717, 1.165) is 0 Å². The second kappa shape index (κ2) is 25.8. The zero-order valence-corrected chi connectivity index (χ0v) is 36.9. The van der Waals surface area contributed by atoms with Gasteiger partial charge in [-0.25, -0.2) is 4.68 Å². The molecule has 1 aliphatic heterocycles. The summed E-state index contributed by atoms with van der Waals surface area (Å²) < 4.78 is 1.44. The van der Waals surface area contributed by atoms with E-state index in [0.29, 0.717) is 17.7 Å². The van der Waals surface area contributed by atoms with Crippen LogP contribution in [0.5, 0.6) is 0 Å². The second-order valence-corrected chi connectivity index (χ2v) is 16.3. The normalized spacial score (nSPS) is 25.0. The molecule has 7 amide bonds. The summed E-state index contributed by atoms with van der Waals surface area (Å²) in [5.41, 5.74) is 12.1. The molecule has 2 fully saturated rings. The molecule has 1 saturated heterocycles. The first-order chi connectivity index (χ1) is 31.9. The molecule has 4 rings (SSSR count). The predicted molar refractivity (Wildman–Crippen MR) is 234 cm³/mol. The van der Waals surface area contributed by atoms with Crippen LogP contribution in [0.15, 0.2) is 41.5 Å². The maximum atomic E-state index is 14.0. The summed E-state index contributed by atoms with van der Waals surface area (Å²) in [4.78, 5) is 109. The molecule has 67 heavy (non-hydrogen) atoms. The number of aliphatic imine (C=N–C) groups is 1. The number of carbonyl (C=O) groups is 8. The average molecular weight is 944 g/mol. The number of aryl methyl sites for hydroxylation is 1. The van der Waals surface area contributed by atoms with Gasteiger partial charge < -0.3 is 74.2 Å². The molecule has 0 bridgehead atoms. The third-order valence-corrected chi connectivity index (χ3v) is 11.1.